The van der Waals surface area contributed by atoms with Gasteiger partial charge in [-0.3, -0.25) is 0 Å². The molecular weight excluding hydrogens is 246 g/mol. The summed E-state index contributed by atoms with van der Waals surface area (Å²) in [6.45, 7) is 9.37. The number of carbonyl (C=O) groups excluding carboxylic acids is 1. The molecule has 112 valence electrons. The van der Waals surface area contributed by atoms with Crippen molar-refractivity contribution in [3.63, 3.8) is 0 Å². The van der Waals surface area contributed by atoms with Crippen LogP contribution in [-0.2, 0) is 19.0 Å². The lowest BCUT2D eigenvalue weighted by molar-refractivity contribution is -0.153. The van der Waals surface area contributed by atoms with Gasteiger partial charge in [-0.05, 0) is 39.2 Å². The first-order valence-electron chi connectivity index (χ1n) is 7.20. The fourth-order valence-electron chi connectivity index (χ4n) is 2.21. The van der Waals surface area contributed by atoms with E-state index >= 15 is 0 Å². The van der Waals surface area contributed by atoms with Gasteiger partial charge in [-0.15, -0.1) is 0 Å². The zero-order chi connectivity index (χ0) is 14.1. The summed E-state index contributed by atoms with van der Waals surface area (Å²) in [6, 6.07) is 0. The van der Waals surface area contributed by atoms with Crippen molar-refractivity contribution < 1.29 is 19.0 Å². The highest BCUT2D eigenvalue weighted by Gasteiger charge is 2.34. The van der Waals surface area contributed by atoms with Gasteiger partial charge < -0.3 is 19.5 Å². The number of hydrogen-bond donors (Lipinski definition) is 1. The van der Waals surface area contributed by atoms with Gasteiger partial charge in [-0.1, -0.05) is 6.92 Å². The van der Waals surface area contributed by atoms with Crippen molar-refractivity contribution in [2.75, 3.05) is 39.6 Å². The standard InChI is InChI=1S/C14H27NO4/c1-4-15-14(3,13(16)19-5-2)11-18-10-12-6-8-17-9-7-12/h12,15H,4-11H2,1-3H3. The normalized spacial score (nSPS) is 19.9. The fraction of sp³-hybridized carbons (Fsp3) is 0.929. The zero-order valence-electron chi connectivity index (χ0n) is 12.4. The molecule has 0 amide bonds. The molecule has 0 aromatic rings. The van der Waals surface area contributed by atoms with Crippen LogP contribution in [0.1, 0.15) is 33.6 Å². The molecule has 1 aliphatic rings. The third-order valence-electron chi connectivity index (χ3n) is 3.38. The van der Waals surface area contributed by atoms with Crippen molar-refractivity contribution in [1.29, 1.82) is 0 Å². The average Bonchev–Trinajstić information content (AvgIpc) is 2.40. The van der Waals surface area contributed by atoms with Gasteiger partial charge in [0.15, 0.2) is 0 Å². The van der Waals surface area contributed by atoms with Crippen LogP contribution in [0.5, 0.6) is 0 Å². The number of esters is 1. The van der Waals surface area contributed by atoms with Gasteiger partial charge in [0, 0.05) is 19.8 Å². The van der Waals surface area contributed by atoms with E-state index in [9.17, 15) is 4.79 Å². The molecule has 5 heteroatoms. The fourth-order valence-corrected chi connectivity index (χ4v) is 2.21. The number of carbonyl (C=O) groups is 1. The van der Waals surface area contributed by atoms with Gasteiger partial charge in [-0.25, -0.2) is 4.79 Å². The van der Waals surface area contributed by atoms with Gasteiger partial charge in [-0.2, -0.15) is 0 Å². The second kappa shape index (κ2) is 8.51. The Morgan fingerprint density at radius 1 is 1.37 bits per heavy atom. The Morgan fingerprint density at radius 3 is 2.63 bits per heavy atom. The third kappa shape index (κ3) is 5.47. The molecule has 1 saturated heterocycles. The summed E-state index contributed by atoms with van der Waals surface area (Å²) in [4.78, 5) is 12.0. The van der Waals surface area contributed by atoms with E-state index in [2.05, 4.69) is 5.32 Å². The van der Waals surface area contributed by atoms with E-state index in [0.29, 0.717) is 32.3 Å². The summed E-state index contributed by atoms with van der Waals surface area (Å²) in [6.07, 6.45) is 2.08. The first-order valence-corrected chi connectivity index (χ1v) is 7.20. The molecule has 0 radical (unpaired) electrons. The number of ether oxygens (including phenoxy) is 3. The van der Waals surface area contributed by atoms with Crippen molar-refractivity contribution in [3.8, 4) is 0 Å². The second-order valence-electron chi connectivity index (χ2n) is 5.15. The van der Waals surface area contributed by atoms with Crippen LogP contribution in [0.4, 0.5) is 0 Å². The monoisotopic (exact) mass is 273 g/mol. The summed E-state index contributed by atoms with van der Waals surface area (Å²) < 4.78 is 16.2. The summed E-state index contributed by atoms with van der Waals surface area (Å²) in [5.41, 5.74) is -0.754. The zero-order valence-corrected chi connectivity index (χ0v) is 12.4. The van der Waals surface area contributed by atoms with Crippen LogP contribution >= 0.6 is 0 Å². The van der Waals surface area contributed by atoms with Crippen molar-refractivity contribution in [2.24, 2.45) is 5.92 Å². The second-order valence-corrected chi connectivity index (χ2v) is 5.15. The van der Waals surface area contributed by atoms with E-state index in [-0.39, 0.29) is 5.97 Å². The van der Waals surface area contributed by atoms with Crippen LogP contribution in [0, 0.1) is 5.92 Å². The Morgan fingerprint density at radius 2 is 2.05 bits per heavy atom. The van der Waals surface area contributed by atoms with Crippen LogP contribution in [0.3, 0.4) is 0 Å². The van der Waals surface area contributed by atoms with Crippen molar-refractivity contribution in [1.82, 2.24) is 5.32 Å². The number of rotatable bonds is 8. The van der Waals surface area contributed by atoms with Crippen LogP contribution in [-0.4, -0.2) is 51.1 Å². The molecule has 0 aromatic carbocycles. The predicted molar refractivity (Wildman–Crippen MR) is 73.1 cm³/mol. The maximum atomic E-state index is 12.0. The highest BCUT2D eigenvalue weighted by atomic mass is 16.5. The summed E-state index contributed by atoms with van der Waals surface area (Å²) in [5.74, 6) is 0.297. The Balaban J connectivity index is 2.37. The molecule has 1 atom stereocenters. The summed E-state index contributed by atoms with van der Waals surface area (Å²) >= 11 is 0. The molecule has 1 rings (SSSR count). The molecule has 0 bridgehead atoms. The lowest BCUT2D eigenvalue weighted by Gasteiger charge is -2.29. The molecule has 1 aliphatic heterocycles. The molecule has 19 heavy (non-hydrogen) atoms. The Bertz CT molecular complexity index is 266. The van der Waals surface area contributed by atoms with E-state index in [1.54, 1.807) is 0 Å². The van der Waals surface area contributed by atoms with Gasteiger partial charge in [0.25, 0.3) is 0 Å². The average molecular weight is 273 g/mol. The highest BCUT2D eigenvalue weighted by Crippen LogP contribution is 2.16. The van der Waals surface area contributed by atoms with Crippen LogP contribution in [0.25, 0.3) is 0 Å². The number of nitrogens with one attached hydrogen (secondary N) is 1. The molecule has 1 unspecified atom stereocenters. The molecule has 1 heterocycles. The van der Waals surface area contributed by atoms with E-state index < -0.39 is 5.54 Å². The van der Waals surface area contributed by atoms with Crippen LogP contribution in [0.15, 0.2) is 0 Å². The van der Waals surface area contributed by atoms with Crippen LogP contribution < -0.4 is 5.32 Å². The van der Waals surface area contributed by atoms with Crippen molar-refractivity contribution in [3.05, 3.63) is 0 Å². The van der Waals surface area contributed by atoms with E-state index in [1.165, 1.54) is 0 Å². The number of hydrogen-bond acceptors (Lipinski definition) is 5. The van der Waals surface area contributed by atoms with E-state index in [4.69, 9.17) is 14.2 Å². The lowest BCUT2D eigenvalue weighted by Crippen LogP contribution is -2.54. The highest BCUT2D eigenvalue weighted by molar-refractivity contribution is 5.80. The van der Waals surface area contributed by atoms with Gasteiger partial charge in [0.05, 0.1) is 13.2 Å². The number of likely N-dealkylation sites (N-methyl/N-ethyl adjacent to an activating group) is 1. The molecule has 0 aromatic heterocycles. The predicted octanol–water partition coefficient (Wildman–Crippen LogP) is 1.36. The SMILES string of the molecule is CCNC(C)(COCC1CCOCC1)C(=O)OCC. The maximum absolute atomic E-state index is 12.0. The molecule has 0 aliphatic carbocycles. The lowest BCUT2D eigenvalue weighted by atomic mass is 10.0. The summed E-state index contributed by atoms with van der Waals surface area (Å²) in [7, 11) is 0. The largest absolute Gasteiger partial charge is 0.465 e. The molecule has 5 nitrogen and oxygen atoms in total. The van der Waals surface area contributed by atoms with E-state index in [0.717, 1.165) is 26.1 Å². The molecule has 1 N–H and O–H groups in total. The first-order chi connectivity index (χ1) is 9.12. The smallest absolute Gasteiger partial charge is 0.328 e. The van der Waals surface area contributed by atoms with Gasteiger partial charge in [0.1, 0.15) is 5.54 Å². The van der Waals surface area contributed by atoms with Gasteiger partial charge in [0.2, 0.25) is 0 Å². The van der Waals surface area contributed by atoms with Crippen LogP contribution in [0.2, 0.25) is 0 Å². The summed E-state index contributed by atoms with van der Waals surface area (Å²) in [5, 5.41) is 3.16. The Hall–Kier alpha value is -0.650. The molecule has 0 spiro atoms. The minimum absolute atomic E-state index is 0.246. The Kier molecular flexibility index (Phi) is 7.34. The Labute approximate surface area is 116 Å². The molecule has 1 fully saturated rings. The van der Waals surface area contributed by atoms with Crippen molar-refractivity contribution >= 4 is 5.97 Å². The molecular formula is C14H27NO4. The topological polar surface area (TPSA) is 56.8 Å². The van der Waals surface area contributed by atoms with Crippen molar-refractivity contribution in [2.45, 2.75) is 39.2 Å². The minimum Gasteiger partial charge on any atom is -0.465 e. The first kappa shape index (κ1) is 16.4. The quantitative estimate of drug-likeness (QED) is 0.677. The van der Waals surface area contributed by atoms with Gasteiger partial charge >= 0.3 is 5.97 Å². The minimum atomic E-state index is -0.754. The molecule has 0 saturated carbocycles. The third-order valence-corrected chi connectivity index (χ3v) is 3.38. The van der Waals surface area contributed by atoms with E-state index in [1.807, 2.05) is 20.8 Å². The maximum Gasteiger partial charge on any atom is 0.328 e.